The number of benzene rings is 1. The highest BCUT2D eigenvalue weighted by molar-refractivity contribution is 5.84. The molecular weight excluding hydrogens is 301 g/mol. The van der Waals surface area contributed by atoms with E-state index in [2.05, 4.69) is 27.7 Å². The van der Waals surface area contributed by atoms with Crippen LogP contribution in [-0.4, -0.2) is 11.3 Å². The number of rotatable bonds is 5. The second kappa shape index (κ2) is 7.52. The van der Waals surface area contributed by atoms with E-state index in [-0.39, 0.29) is 17.7 Å². The molecule has 0 saturated heterocycles. The van der Waals surface area contributed by atoms with Gasteiger partial charge in [0.1, 0.15) is 12.1 Å². The Morgan fingerprint density at radius 2 is 1.58 bits per heavy atom. The molecule has 0 saturated carbocycles. The Balaban J connectivity index is 2.88. The zero-order valence-corrected chi connectivity index (χ0v) is 14.9. The number of aromatic nitrogens is 1. The van der Waals surface area contributed by atoms with Crippen LogP contribution in [0.4, 0.5) is 4.39 Å². The summed E-state index contributed by atoms with van der Waals surface area (Å²) in [7, 11) is 0. The van der Waals surface area contributed by atoms with E-state index in [1.54, 1.807) is 12.1 Å². The summed E-state index contributed by atoms with van der Waals surface area (Å²) in [5.41, 5.74) is 5.97. The van der Waals surface area contributed by atoms with Gasteiger partial charge < -0.3 is 0 Å². The molecule has 0 amide bonds. The Morgan fingerprint density at radius 1 is 1.00 bits per heavy atom. The number of carbonyl (C=O) groups is 1. The normalized spacial score (nSPS) is 11.7. The number of pyridine rings is 1. The van der Waals surface area contributed by atoms with Crippen molar-refractivity contribution in [3.8, 4) is 11.1 Å². The van der Waals surface area contributed by atoms with Crippen LogP contribution in [0.25, 0.3) is 17.2 Å². The maximum absolute atomic E-state index is 13.3. The first kappa shape index (κ1) is 18.1. The monoisotopic (exact) mass is 325 g/mol. The van der Waals surface area contributed by atoms with E-state index >= 15 is 0 Å². The smallest absolute Gasteiger partial charge is 0.142 e. The van der Waals surface area contributed by atoms with Gasteiger partial charge in [-0.05, 0) is 59.7 Å². The largest absolute Gasteiger partial charge is 0.299 e. The first-order valence-electron chi connectivity index (χ1n) is 8.29. The van der Waals surface area contributed by atoms with Crippen molar-refractivity contribution >= 4 is 12.4 Å². The Labute approximate surface area is 143 Å². The summed E-state index contributed by atoms with van der Waals surface area (Å²) < 4.78 is 13.3. The first-order chi connectivity index (χ1) is 11.4. The standard InChI is InChI=1S/C21H24FNO/c1-13(2)20-15(5)19(16-8-10-17(22)11-9-16)18(7-6-12-24)21(23-20)14(3)4/h6-14H,1-5H3/b7-6+. The van der Waals surface area contributed by atoms with Crippen molar-refractivity contribution < 1.29 is 9.18 Å². The van der Waals surface area contributed by atoms with Crippen LogP contribution in [0.1, 0.15) is 62.0 Å². The molecule has 3 heteroatoms. The van der Waals surface area contributed by atoms with E-state index in [0.717, 1.165) is 39.9 Å². The van der Waals surface area contributed by atoms with Gasteiger partial charge in [-0.3, -0.25) is 9.78 Å². The number of allylic oxidation sites excluding steroid dienone is 1. The lowest BCUT2D eigenvalue weighted by Gasteiger charge is -2.21. The Hall–Kier alpha value is -2.29. The van der Waals surface area contributed by atoms with Gasteiger partial charge in [0.2, 0.25) is 0 Å². The molecule has 0 bridgehead atoms. The number of hydrogen-bond acceptors (Lipinski definition) is 2. The van der Waals surface area contributed by atoms with Gasteiger partial charge in [0.05, 0.1) is 5.69 Å². The van der Waals surface area contributed by atoms with E-state index in [1.807, 2.05) is 13.0 Å². The van der Waals surface area contributed by atoms with E-state index in [4.69, 9.17) is 4.98 Å². The van der Waals surface area contributed by atoms with Gasteiger partial charge in [0.15, 0.2) is 0 Å². The molecule has 0 aliphatic heterocycles. The van der Waals surface area contributed by atoms with Gasteiger partial charge in [-0.1, -0.05) is 39.8 Å². The molecule has 0 radical (unpaired) electrons. The molecule has 0 atom stereocenters. The third-order valence-electron chi connectivity index (χ3n) is 4.11. The van der Waals surface area contributed by atoms with Gasteiger partial charge in [-0.25, -0.2) is 4.39 Å². The zero-order valence-electron chi connectivity index (χ0n) is 14.9. The van der Waals surface area contributed by atoms with Gasteiger partial charge in [-0.15, -0.1) is 0 Å². The van der Waals surface area contributed by atoms with Crippen molar-refractivity contribution in [3.05, 3.63) is 58.7 Å². The van der Waals surface area contributed by atoms with Gasteiger partial charge in [0, 0.05) is 11.3 Å². The number of nitrogens with zero attached hydrogens (tertiary/aromatic N) is 1. The second-order valence-corrected chi connectivity index (χ2v) is 6.61. The topological polar surface area (TPSA) is 30.0 Å². The van der Waals surface area contributed by atoms with Gasteiger partial charge in [0.25, 0.3) is 0 Å². The number of halogens is 1. The van der Waals surface area contributed by atoms with Crippen molar-refractivity contribution in [1.82, 2.24) is 4.98 Å². The molecule has 1 heterocycles. The third kappa shape index (κ3) is 3.61. The molecule has 0 aliphatic carbocycles. The van der Waals surface area contributed by atoms with Crippen molar-refractivity contribution in [2.75, 3.05) is 0 Å². The molecule has 1 aromatic carbocycles. The molecule has 2 rings (SSSR count). The SMILES string of the molecule is Cc1c(C(C)C)nc(C(C)C)c(/C=C/C=O)c1-c1ccc(F)cc1. The summed E-state index contributed by atoms with van der Waals surface area (Å²) in [4.78, 5) is 15.7. The molecule has 1 aromatic heterocycles. The quantitative estimate of drug-likeness (QED) is 0.525. The lowest BCUT2D eigenvalue weighted by atomic mass is 9.87. The molecule has 2 aromatic rings. The second-order valence-electron chi connectivity index (χ2n) is 6.61. The Morgan fingerprint density at radius 3 is 2.08 bits per heavy atom. The van der Waals surface area contributed by atoms with Crippen molar-refractivity contribution in [2.45, 2.75) is 46.5 Å². The summed E-state index contributed by atoms with van der Waals surface area (Å²) >= 11 is 0. The predicted octanol–water partition coefficient (Wildman–Crippen LogP) is 5.66. The molecule has 0 aliphatic rings. The molecule has 0 unspecified atom stereocenters. The highest BCUT2D eigenvalue weighted by atomic mass is 19.1. The lowest BCUT2D eigenvalue weighted by Crippen LogP contribution is -2.08. The maximum Gasteiger partial charge on any atom is 0.142 e. The van der Waals surface area contributed by atoms with Crippen LogP contribution >= 0.6 is 0 Å². The van der Waals surface area contributed by atoms with Crippen LogP contribution in [-0.2, 0) is 4.79 Å². The van der Waals surface area contributed by atoms with Crippen LogP contribution in [0.2, 0.25) is 0 Å². The molecule has 126 valence electrons. The number of aldehydes is 1. The zero-order chi connectivity index (χ0) is 17.9. The molecule has 0 fully saturated rings. The van der Waals surface area contributed by atoms with Crippen molar-refractivity contribution in [1.29, 1.82) is 0 Å². The van der Waals surface area contributed by atoms with Crippen LogP contribution in [0.3, 0.4) is 0 Å². The minimum atomic E-state index is -0.261. The molecule has 0 spiro atoms. The Kier molecular flexibility index (Phi) is 5.66. The summed E-state index contributed by atoms with van der Waals surface area (Å²) in [5.74, 6) is 0.239. The average Bonchev–Trinajstić information content (AvgIpc) is 2.53. The van der Waals surface area contributed by atoms with Gasteiger partial charge >= 0.3 is 0 Å². The van der Waals surface area contributed by atoms with Gasteiger partial charge in [-0.2, -0.15) is 0 Å². The summed E-state index contributed by atoms with van der Waals surface area (Å²) in [5, 5.41) is 0. The highest BCUT2D eigenvalue weighted by Crippen LogP contribution is 2.36. The fourth-order valence-corrected chi connectivity index (χ4v) is 3.03. The van der Waals surface area contributed by atoms with Crippen LogP contribution < -0.4 is 0 Å². The minimum absolute atomic E-state index is 0.216. The summed E-state index contributed by atoms with van der Waals surface area (Å²) in [6.07, 6.45) is 4.07. The third-order valence-corrected chi connectivity index (χ3v) is 4.11. The fourth-order valence-electron chi connectivity index (χ4n) is 3.03. The maximum atomic E-state index is 13.3. The fraction of sp³-hybridized carbons (Fsp3) is 0.333. The highest BCUT2D eigenvalue weighted by Gasteiger charge is 2.20. The Bertz CT molecular complexity index is 758. The number of hydrogen-bond donors (Lipinski definition) is 0. The predicted molar refractivity (Wildman–Crippen MR) is 97.6 cm³/mol. The molecule has 0 N–H and O–H groups in total. The number of carbonyl (C=O) groups excluding carboxylic acids is 1. The lowest BCUT2D eigenvalue weighted by molar-refractivity contribution is -0.104. The summed E-state index contributed by atoms with van der Waals surface area (Å²) in [6.45, 7) is 10.5. The first-order valence-corrected chi connectivity index (χ1v) is 8.29. The molecular formula is C21H24FNO. The van der Waals surface area contributed by atoms with Crippen molar-refractivity contribution in [3.63, 3.8) is 0 Å². The van der Waals surface area contributed by atoms with E-state index in [0.29, 0.717) is 0 Å². The van der Waals surface area contributed by atoms with E-state index < -0.39 is 0 Å². The van der Waals surface area contributed by atoms with Crippen LogP contribution in [0.15, 0.2) is 30.3 Å². The van der Waals surface area contributed by atoms with Crippen LogP contribution in [0, 0.1) is 12.7 Å². The van der Waals surface area contributed by atoms with Crippen molar-refractivity contribution in [2.24, 2.45) is 0 Å². The van der Waals surface area contributed by atoms with E-state index in [1.165, 1.54) is 18.2 Å². The minimum Gasteiger partial charge on any atom is -0.299 e. The average molecular weight is 325 g/mol. The van der Waals surface area contributed by atoms with E-state index in [9.17, 15) is 9.18 Å². The summed E-state index contributed by atoms with van der Waals surface area (Å²) in [6, 6.07) is 6.49. The molecule has 2 nitrogen and oxygen atoms in total. The van der Waals surface area contributed by atoms with Crippen LogP contribution in [0.5, 0.6) is 0 Å². The molecule has 24 heavy (non-hydrogen) atoms.